The maximum Gasteiger partial charge on any atom is 0.234 e. The number of morpholine rings is 1. The van der Waals surface area contributed by atoms with Gasteiger partial charge in [-0.1, -0.05) is 20.8 Å². The molecule has 0 aromatic carbocycles. The fraction of sp³-hybridized carbons (Fsp3) is 0.929. The molecule has 0 saturated carbocycles. The summed E-state index contributed by atoms with van der Waals surface area (Å²) < 4.78 is 5.27. The van der Waals surface area contributed by atoms with E-state index in [4.69, 9.17) is 4.74 Å². The first-order chi connectivity index (χ1) is 8.18. The van der Waals surface area contributed by atoms with Gasteiger partial charge in [0.1, 0.15) is 0 Å². The second kappa shape index (κ2) is 7.46. The summed E-state index contributed by atoms with van der Waals surface area (Å²) in [5, 5.41) is 3.14. The molecule has 0 radical (unpaired) electrons. The highest BCUT2D eigenvalue weighted by Crippen LogP contribution is 2.26. The predicted molar refractivity (Wildman–Crippen MR) is 80.8 cm³/mol. The Bertz CT molecular complexity index is 282. The average Bonchev–Trinajstić information content (AvgIpc) is 2.13. The fourth-order valence-electron chi connectivity index (χ4n) is 2.75. The molecule has 1 amide bonds. The summed E-state index contributed by atoms with van der Waals surface area (Å²) >= 11 is 0. The lowest BCUT2D eigenvalue weighted by molar-refractivity contribution is -0.125. The molecule has 0 spiro atoms. The van der Waals surface area contributed by atoms with E-state index in [0.717, 1.165) is 32.7 Å². The van der Waals surface area contributed by atoms with Crippen molar-refractivity contribution in [3.8, 4) is 0 Å². The van der Waals surface area contributed by atoms with Crippen LogP contribution in [-0.4, -0.2) is 49.2 Å². The molecule has 1 heterocycles. The third kappa shape index (κ3) is 8.45. The van der Waals surface area contributed by atoms with Crippen LogP contribution in [0, 0.1) is 5.41 Å². The highest BCUT2D eigenvalue weighted by atomic mass is 35.5. The third-order valence-corrected chi connectivity index (χ3v) is 2.92. The second-order valence-corrected chi connectivity index (χ2v) is 7.06. The Hall–Kier alpha value is -0.320. The van der Waals surface area contributed by atoms with Gasteiger partial charge in [-0.05, 0) is 25.7 Å². The minimum atomic E-state index is -0.151. The highest BCUT2D eigenvalue weighted by Gasteiger charge is 2.27. The van der Waals surface area contributed by atoms with Gasteiger partial charge in [0.15, 0.2) is 0 Å². The van der Waals surface area contributed by atoms with Crippen molar-refractivity contribution in [1.82, 2.24) is 10.2 Å². The van der Waals surface area contributed by atoms with E-state index in [2.05, 4.69) is 44.8 Å². The SMILES string of the molecule is CC(C)(C)CC(C)(C)NC(=O)CN1CCOCC1.Cl. The number of amides is 1. The van der Waals surface area contributed by atoms with Crippen molar-refractivity contribution in [3.63, 3.8) is 0 Å². The van der Waals surface area contributed by atoms with Gasteiger partial charge in [-0.2, -0.15) is 0 Å². The van der Waals surface area contributed by atoms with Gasteiger partial charge < -0.3 is 10.1 Å². The van der Waals surface area contributed by atoms with Gasteiger partial charge in [0, 0.05) is 18.6 Å². The van der Waals surface area contributed by atoms with Gasteiger partial charge in [-0.15, -0.1) is 12.4 Å². The van der Waals surface area contributed by atoms with Crippen molar-refractivity contribution in [3.05, 3.63) is 0 Å². The summed E-state index contributed by atoms with van der Waals surface area (Å²) in [4.78, 5) is 14.2. The number of ether oxygens (including phenoxy) is 1. The van der Waals surface area contributed by atoms with E-state index in [9.17, 15) is 4.79 Å². The number of carbonyl (C=O) groups excluding carboxylic acids is 1. The Morgan fingerprint density at radius 3 is 2.16 bits per heavy atom. The van der Waals surface area contributed by atoms with Crippen LogP contribution in [0.5, 0.6) is 0 Å². The van der Waals surface area contributed by atoms with Crippen LogP contribution < -0.4 is 5.32 Å². The van der Waals surface area contributed by atoms with Gasteiger partial charge in [0.25, 0.3) is 0 Å². The van der Waals surface area contributed by atoms with Crippen LogP contribution in [0.15, 0.2) is 0 Å². The second-order valence-electron chi connectivity index (χ2n) is 7.06. The third-order valence-electron chi connectivity index (χ3n) is 2.92. The quantitative estimate of drug-likeness (QED) is 0.862. The monoisotopic (exact) mass is 292 g/mol. The van der Waals surface area contributed by atoms with E-state index in [-0.39, 0.29) is 29.3 Å². The molecule has 1 aliphatic rings. The predicted octanol–water partition coefficient (Wildman–Crippen LogP) is 2.07. The molecule has 0 atom stereocenters. The number of nitrogens with zero attached hydrogens (tertiary/aromatic N) is 1. The minimum absolute atomic E-state index is 0. The molecule has 1 N–H and O–H groups in total. The topological polar surface area (TPSA) is 41.6 Å². The molecule has 0 aliphatic carbocycles. The van der Waals surface area contributed by atoms with E-state index >= 15 is 0 Å². The molecular formula is C14H29ClN2O2. The zero-order chi connectivity index (χ0) is 13.8. The molecule has 0 aromatic rings. The largest absolute Gasteiger partial charge is 0.379 e. The summed E-state index contributed by atoms with van der Waals surface area (Å²) in [6.07, 6.45) is 0.967. The van der Waals surface area contributed by atoms with E-state index < -0.39 is 0 Å². The van der Waals surface area contributed by atoms with Crippen molar-refractivity contribution in [2.45, 2.75) is 46.6 Å². The molecule has 5 heteroatoms. The first kappa shape index (κ1) is 18.7. The molecule has 1 fully saturated rings. The summed E-state index contributed by atoms with van der Waals surface area (Å²) in [6, 6.07) is 0. The van der Waals surface area contributed by atoms with Gasteiger partial charge >= 0.3 is 0 Å². The number of hydrogen-bond acceptors (Lipinski definition) is 3. The molecular weight excluding hydrogens is 264 g/mol. The lowest BCUT2D eigenvalue weighted by Crippen LogP contribution is -2.50. The Morgan fingerprint density at radius 2 is 1.68 bits per heavy atom. The number of nitrogens with one attached hydrogen (secondary N) is 1. The first-order valence-corrected chi connectivity index (χ1v) is 6.79. The van der Waals surface area contributed by atoms with Crippen LogP contribution in [0.4, 0.5) is 0 Å². The summed E-state index contributed by atoms with van der Waals surface area (Å²) in [7, 11) is 0. The molecule has 0 aromatic heterocycles. The number of halogens is 1. The molecule has 0 bridgehead atoms. The smallest absolute Gasteiger partial charge is 0.234 e. The normalized spacial score (nSPS) is 17.7. The van der Waals surface area contributed by atoms with Crippen LogP contribution >= 0.6 is 12.4 Å². The molecule has 1 saturated heterocycles. The van der Waals surface area contributed by atoms with Gasteiger partial charge in [-0.3, -0.25) is 9.69 Å². The summed E-state index contributed by atoms with van der Waals surface area (Å²) in [6.45, 7) is 14.4. The van der Waals surface area contributed by atoms with Crippen molar-refractivity contribution >= 4 is 18.3 Å². The van der Waals surface area contributed by atoms with Crippen LogP contribution in [-0.2, 0) is 9.53 Å². The summed E-state index contributed by atoms with van der Waals surface area (Å²) in [5.74, 6) is 0.117. The lowest BCUT2D eigenvalue weighted by Gasteiger charge is -2.34. The fourth-order valence-corrected chi connectivity index (χ4v) is 2.75. The number of carbonyl (C=O) groups is 1. The lowest BCUT2D eigenvalue weighted by atomic mass is 9.82. The highest BCUT2D eigenvalue weighted by molar-refractivity contribution is 5.85. The molecule has 1 aliphatic heterocycles. The zero-order valence-electron chi connectivity index (χ0n) is 12.9. The van der Waals surface area contributed by atoms with Crippen LogP contribution in [0.3, 0.4) is 0 Å². The minimum Gasteiger partial charge on any atom is -0.379 e. The van der Waals surface area contributed by atoms with Gasteiger partial charge in [0.05, 0.1) is 19.8 Å². The number of rotatable bonds is 4. The zero-order valence-corrected chi connectivity index (χ0v) is 13.7. The van der Waals surface area contributed by atoms with Gasteiger partial charge in [-0.25, -0.2) is 0 Å². The van der Waals surface area contributed by atoms with Crippen LogP contribution in [0.1, 0.15) is 41.0 Å². The van der Waals surface area contributed by atoms with Crippen molar-refractivity contribution in [1.29, 1.82) is 0 Å². The molecule has 19 heavy (non-hydrogen) atoms. The van der Waals surface area contributed by atoms with Crippen molar-refractivity contribution in [2.75, 3.05) is 32.8 Å². The molecule has 1 rings (SSSR count). The van der Waals surface area contributed by atoms with Crippen LogP contribution in [0.25, 0.3) is 0 Å². The van der Waals surface area contributed by atoms with Crippen molar-refractivity contribution in [2.24, 2.45) is 5.41 Å². The average molecular weight is 293 g/mol. The van der Waals surface area contributed by atoms with Gasteiger partial charge in [0.2, 0.25) is 5.91 Å². The Kier molecular flexibility index (Phi) is 7.33. The molecule has 4 nitrogen and oxygen atoms in total. The first-order valence-electron chi connectivity index (χ1n) is 6.79. The molecule has 0 unspecified atom stereocenters. The Balaban J connectivity index is 0.00000324. The Morgan fingerprint density at radius 1 is 1.16 bits per heavy atom. The van der Waals surface area contributed by atoms with E-state index in [1.807, 2.05) is 0 Å². The van der Waals surface area contributed by atoms with Crippen molar-refractivity contribution < 1.29 is 9.53 Å². The van der Waals surface area contributed by atoms with Crippen LogP contribution in [0.2, 0.25) is 0 Å². The Labute approximate surface area is 123 Å². The molecule has 114 valence electrons. The maximum absolute atomic E-state index is 12.0. The summed E-state index contributed by atoms with van der Waals surface area (Å²) in [5.41, 5.74) is 0.0668. The standard InChI is InChI=1S/C14H28N2O2.ClH/c1-13(2,3)11-14(4,5)15-12(17)10-16-6-8-18-9-7-16;/h6-11H2,1-5H3,(H,15,17);1H. The van der Waals surface area contributed by atoms with E-state index in [0.29, 0.717) is 6.54 Å². The van der Waals surface area contributed by atoms with E-state index in [1.54, 1.807) is 0 Å². The van der Waals surface area contributed by atoms with E-state index in [1.165, 1.54) is 0 Å². The maximum atomic E-state index is 12.0. The number of hydrogen-bond donors (Lipinski definition) is 1.